The van der Waals surface area contributed by atoms with Crippen molar-refractivity contribution in [2.45, 2.75) is 64.1 Å². The van der Waals surface area contributed by atoms with Crippen LogP contribution in [-0.4, -0.2) is 56.4 Å². The molecule has 3 aromatic heterocycles. The predicted molar refractivity (Wildman–Crippen MR) is 163 cm³/mol. The third-order valence-corrected chi connectivity index (χ3v) is 9.60. The standard InChI is InChI=1S/C35H35N5O/c1-21-13-22(2)36-18-33(21)24-4-6-25(7-5-24)34-32-15-28(17-37-35(32)39-38-34)27-8-3-23-9-11-29(12-10-26(23)14-27)40-30-16-31(40)20-41-19-30/h3-8,13-15,17-18,29-31H,9-12,16,19-20H2,1-2H3,(H,37,38,39)/t29-,30?,31?/m0/s1. The SMILES string of the molecule is Cc1cc(C)c(-c2ccc(-c3n[nH]c4ncc(-c5ccc6c(c5)CC[C@@H](N5C7COCC5C7)CC6)cc34)cc2)cn1. The van der Waals surface area contributed by atoms with Crippen LogP contribution in [0.15, 0.2) is 67.0 Å². The van der Waals surface area contributed by atoms with Crippen LogP contribution >= 0.6 is 0 Å². The van der Waals surface area contributed by atoms with Crippen molar-refractivity contribution >= 4 is 11.0 Å². The number of rotatable bonds is 4. The number of fused-ring (bicyclic) bond motifs is 4. The molecule has 0 saturated carbocycles. The number of pyridine rings is 2. The maximum absolute atomic E-state index is 5.75. The fourth-order valence-corrected chi connectivity index (χ4v) is 7.42. The zero-order valence-electron chi connectivity index (χ0n) is 23.7. The second-order valence-corrected chi connectivity index (χ2v) is 12.2. The van der Waals surface area contributed by atoms with Crippen LogP contribution in [0.25, 0.3) is 44.5 Å². The first-order chi connectivity index (χ1) is 20.1. The Hall–Kier alpha value is -3.87. The number of ether oxygens (including phenoxy) is 1. The summed E-state index contributed by atoms with van der Waals surface area (Å²) in [6.07, 6.45) is 10.1. The van der Waals surface area contributed by atoms with E-state index in [-0.39, 0.29) is 0 Å². The number of aromatic amines is 1. The van der Waals surface area contributed by atoms with Crippen LogP contribution < -0.4 is 0 Å². The van der Waals surface area contributed by atoms with E-state index in [4.69, 9.17) is 9.72 Å². The molecule has 0 amide bonds. The molecule has 8 rings (SSSR count). The monoisotopic (exact) mass is 541 g/mol. The van der Waals surface area contributed by atoms with Crippen LogP contribution in [0.3, 0.4) is 0 Å². The van der Waals surface area contributed by atoms with Crippen molar-refractivity contribution in [3.05, 3.63) is 89.4 Å². The van der Waals surface area contributed by atoms with Gasteiger partial charge in [0.15, 0.2) is 5.65 Å². The minimum Gasteiger partial charge on any atom is -0.378 e. The van der Waals surface area contributed by atoms with Crippen LogP contribution in [0.4, 0.5) is 0 Å². The fraction of sp³-hybridized carbons (Fsp3) is 0.343. The lowest BCUT2D eigenvalue weighted by Crippen LogP contribution is -2.66. The van der Waals surface area contributed by atoms with Gasteiger partial charge in [0.05, 0.1) is 13.2 Å². The van der Waals surface area contributed by atoms with Gasteiger partial charge in [0.1, 0.15) is 5.69 Å². The number of nitrogens with one attached hydrogen (secondary N) is 1. The van der Waals surface area contributed by atoms with Gasteiger partial charge in [-0.1, -0.05) is 42.5 Å². The van der Waals surface area contributed by atoms with Crippen molar-refractivity contribution < 1.29 is 4.74 Å². The summed E-state index contributed by atoms with van der Waals surface area (Å²) in [6.45, 7) is 6.01. The maximum atomic E-state index is 5.75. The normalized spacial score (nSPS) is 22.2. The van der Waals surface area contributed by atoms with Gasteiger partial charge in [0, 0.05) is 58.3 Å². The summed E-state index contributed by atoms with van der Waals surface area (Å²) < 4.78 is 5.75. The summed E-state index contributed by atoms with van der Waals surface area (Å²) in [6, 6.07) is 22.0. The molecule has 5 aromatic rings. The van der Waals surface area contributed by atoms with E-state index in [9.17, 15) is 0 Å². The molecule has 41 heavy (non-hydrogen) atoms. The molecule has 1 aliphatic carbocycles. The Labute approximate surface area is 240 Å². The number of hydrogen-bond acceptors (Lipinski definition) is 5. The molecular formula is C35H35N5O. The summed E-state index contributed by atoms with van der Waals surface area (Å²) in [5.74, 6) is 0. The molecule has 0 spiro atoms. The minimum absolute atomic E-state index is 0.650. The van der Waals surface area contributed by atoms with Gasteiger partial charge < -0.3 is 4.74 Å². The molecule has 1 N–H and O–H groups in total. The molecular weight excluding hydrogens is 506 g/mol. The molecule has 5 heterocycles. The van der Waals surface area contributed by atoms with E-state index < -0.39 is 0 Å². The second-order valence-electron chi connectivity index (χ2n) is 12.2. The van der Waals surface area contributed by atoms with Gasteiger partial charge in [-0.3, -0.25) is 15.0 Å². The van der Waals surface area contributed by atoms with E-state index in [1.165, 1.54) is 41.5 Å². The molecule has 6 nitrogen and oxygen atoms in total. The molecule has 3 atom stereocenters. The Kier molecular flexibility index (Phi) is 6.01. The van der Waals surface area contributed by atoms with Crippen LogP contribution in [-0.2, 0) is 17.6 Å². The summed E-state index contributed by atoms with van der Waals surface area (Å²) in [5, 5.41) is 8.85. The molecule has 2 aromatic carbocycles. The van der Waals surface area contributed by atoms with E-state index in [1.807, 2.05) is 19.3 Å². The number of benzene rings is 2. The zero-order valence-corrected chi connectivity index (χ0v) is 23.7. The fourth-order valence-electron chi connectivity index (χ4n) is 7.42. The third-order valence-electron chi connectivity index (χ3n) is 9.60. The van der Waals surface area contributed by atoms with Crippen molar-refractivity contribution in [3.8, 4) is 33.5 Å². The summed E-state index contributed by atoms with van der Waals surface area (Å²) in [4.78, 5) is 12.0. The van der Waals surface area contributed by atoms with Gasteiger partial charge in [-0.05, 0) is 85.9 Å². The highest BCUT2D eigenvalue weighted by Crippen LogP contribution is 2.38. The molecule has 2 aliphatic heterocycles. The molecule has 2 unspecified atom stereocenters. The van der Waals surface area contributed by atoms with Crippen molar-refractivity contribution in [3.63, 3.8) is 0 Å². The molecule has 0 radical (unpaired) electrons. The van der Waals surface area contributed by atoms with E-state index in [0.717, 1.165) is 70.7 Å². The van der Waals surface area contributed by atoms with Crippen LogP contribution in [0.1, 0.15) is 41.6 Å². The van der Waals surface area contributed by atoms with Gasteiger partial charge in [-0.2, -0.15) is 5.10 Å². The number of morpholine rings is 1. The van der Waals surface area contributed by atoms with Gasteiger partial charge in [-0.25, -0.2) is 4.98 Å². The second kappa shape index (κ2) is 9.89. The highest BCUT2D eigenvalue weighted by atomic mass is 16.5. The minimum atomic E-state index is 0.650. The van der Waals surface area contributed by atoms with Crippen LogP contribution in [0.5, 0.6) is 0 Å². The van der Waals surface area contributed by atoms with E-state index in [1.54, 1.807) is 0 Å². The summed E-state index contributed by atoms with van der Waals surface area (Å²) in [5.41, 5.74) is 12.8. The van der Waals surface area contributed by atoms with Gasteiger partial charge in [0.2, 0.25) is 0 Å². The number of hydrogen-bond donors (Lipinski definition) is 1. The average Bonchev–Trinajstić information content (AvgIpc) is 3.31. The Morgan fingerprint density at radius 1 is 0.756 bits per heavy atom. The topological polar surface area (TPSA) is 66.9 Å². The van der Waals surface area contributed by atoms with Crippen molar-refractivity contribution in [2.75, 3.05) is 13.2 Å². The number of aryl methyl sites for hydroxylation is 4. The van der Waals surface area contributed by atoms with E-state index in [2.05, 4.69) is 81.6 Å². The smallest absolute Gasteiger partial charge is 0.155 e. The average molecular weight is 542 g/mol. The third kappa shape index (κ3) is 4.37. The van der Waals surface area contributed by atoms with Crippen molar-refractivity contribution in [2.24, 2.45) is 0 Å². The van der Waals surface area contributed by atoms with Crippen molar-refractivity contribution in [1.29, 1.82) is 0 Å². The first-order valence-electron chi connectivity index (χ1n) is 15.0. The molecule has 2 saturated heterocycles. The largest absolute Gasteiger partial charge is 0.378 e. The van der Waals surface area contributed by atoms with E-state index >= 15 is 0 Å². The van der Waals surface area contributed by atoms with E-state index in [0.29, 0.717) is 18.1 Å². The molecule has 2 fully saturated rings. The lowest BCUT2D eigenvalue weighted by molar-refractivity contribution is -0.148. The number of aromatic nitrogens is 4. The summed E-state index contributed by atoms with van der Waals surface area (Å²) >= 11 is 0. The lowest BCUT2D eigenvalue weighted by atomic mass is 9.87. The highest BCUT2D eigenvalue weighted by molar-refractivity contribution is 5.93. The Morgan fingerprint density at radius 3 is 2.29 bits per heavy atom. The number of H-pyrrole nitrogens is 1. The molecule has 206 valence electrons. The van der Waals surface area contributed by atoms with Gasteiger partial charge >= 0.3 is 0 Å². The Balaban J connectivity index is 1.06. The first-order valence-corrected chi connectivity index (χ1v) is 15.0. The molecule has 2 bridgehead atoms. The quantitative estimate of drug-likeness (QED) is 0.257. The highest BCUT2D eigenvalue weighted by Gasteiger charge is 2.45. The van der Waals surface area contributed by atoms with Crippen LogP contribution in [0, 0.1) is 13.8 Å². The van der Waals surface area contributed by atoms with Crippen LogP contribution in [0.2, 0.25) is 0 Å². The predicted octanol–water partition coefficient (Wildman–Crippen LogP) is 6.69. The first kappa shape index (κ1) is 24.9. The van der Waals surface area contributed by atoms with Gasteiger partial charge in [0.25, 0.3) is 0 Å². The van der Waals surface area contributed by atoms with Gasteiger partial charge in [-0.15, -0.1) is 0 Å². The maximum Gasteiger partial charge on any atom is 0.155 e. The lowest BCUT2D eigenvalue weighted by Gasteiger charge is -2.56. The zero-order chi connectivity index (χ0) is 27.5. The molecule has 6 heteroatoms. The Morgan fingerprint density at radius 2 is 1.51 bits per heavy atom. The number of nitrogens with zero attached hydrogens (tertiary/aromatic N) is 4. The molecule has 3 aliphatic rings. The van der Waals surface area contributed by atoms with Crippen molar-refractivity contribution in [1.82, 2.24) is 25.1 Å². The summed E-state index contributed by atoms with van der Waals surface area (Å²) in [7, 11) is 0. The Bertz CT molecular complexity index is 1740.